The first-order valence-electron chi connectivity index (χ1n) is 9.97. The summed E-state index contributed by atoms with van der Waals surface area (Å²) >= 11 is 0. The van der Waals surface area contributed by atoms with Gasteiger partial charge in [-0.05, 0) is 40.6 Å². The van der Waals surface area contributed by atoms with E-state index in [9.17, 15) is 14.4 Å². The number of rotatable bonds is 6. The minimum atomic E-state index is -0.994. The average molecular weight is 431 g/mol. The van der Waals surface area contributed by atoms with Crippen LogP contribution in [0.3, 0.4) is 0 Å². The first kappa shape index (κ1) is 21.1. The fourth-order valence-corrected chi connectivity index (χ4v) is 3.63. The Kier molecular flexibility index (Phi) is 5.89. The summed E-state index contributed by atoms with van der Waals surface area (Å²) < 4.78 is 15.3. The van der Waals surface area contributed by atoms with Gasteiger partial charge in [0.25, 0.3) is 5.91 Å². The SMILES string of the molecule is COC(=O)[C@H](Cc1cc(=O)oc2cc(OC)ccc12)NC(=O)c1ccc2ccccc2c1. The number of methoxy groups -OCH3 is 2. The lowest BCUT2D eigenvalue weighted by Crippen LogP contribution is -2.43. The second-order valence-electron chi connectivity index (χ2n) is 7.27. The number of fused-ring (bicyclic) bond motifs is 2. The Morgan fingerprint density at radius 3 is 2.50 bits per heavy atom. The van der Waals surface area contributed by atoms with Crippen LogP contribution in [0.4, 0.5) is 0 Å². The lowest BCUT2D eigenvalue weighted by atomic mass is 10.0. The van der Waals surface area contributed by atoms with Crippen molar-refractivity contribution in [3.8, 4) is 5.75 Å². The largest absolute Gasteiger partial charge is 0.497 e. The van der Waals surface area contributed by atoms with E-state index in [1.54, 1.807) is 30.3 Å². The maximum Gasteiger partial charge on any atom is 0.336 e. The quantitative estimate of drug-likeness (QED) is 0.371. The van der Waals surface area contributed by atoms with Gasteiger partial charge in [0.1, 0.15) is 17.4 Å². The van der Waals surface area contributed by atoms with Crippen LogP contribution in [0.1, 0.15) is 15.9 Å². The van der Waals surface area contributed by atoms with E-state index in [1.165, 1.54) is 20.3 Å². The van der Waals surface area contributed by atoms with E-state index in [1.807, 2.05) is 30.3 Å². The third-order valence-corrected chi connectivity index (χ3v) is 5.26. The highest BCUT2D eigenvalue weighted by Gasteiger charge is 2.24. The third-order valence-electron chi connectivity index (χ3n) is 5.26. The molecule has 0 aliphatic rings. The molecule has 1 heterocycles. The standard InChI is InChI=1S/C25H21NO6/c1-30-19-9-10-20-18(13-23(27)32-22(20)14-19)12-21(25(29)31-2)26-24(28)17-8-7-15-5-3-4-6-16(15)11-17/h3-11,13-14,21H,12H2,1-2H3,(H,26,28)/t21-/m0/s1. The fraction of sp³-hybridized carbons (Fsp3) is 0.160. The molecule has 1 N–H and O–H groups in total. The highest BCUT2D eigenvalue weighted by atomic mass is 16.5. The molecule has 4 rings (SSSR count). The molecule has 0 fully saturated rings. The van der Waals surface area contributed by atoms with Crippen LogP contribution in [0.15, 0.2) is 75.9 Å². The van der Waals surface area contributed by atoms with Gasteiger partial charge in [0.15, 0.2) is 0 Å². The number of hydrogen-bond acceptors (Lipinski definition) is 6. The molecular formula is C25H21NO6. The molecule has 7 heteroatoms. The molecule has 4 aromatic rings. The van der Waals surface area contributed by atoms with Crippen molar-refractivity contribution < 1.29 is 23.5 Å². The van der Waals surface area contributed by atoms with Crippen LogP contribution in [0.5, 0.6) is 5.75 Å². The molecule has 0 aliphatic carbocycles. The molecule has 0 saturated heterocycles. The van der Waals surface area contributed by atoms with Gasteiger partial charge in [-0.3, -0.25) is 4.79 Å². The molecule has 1 amide bonds. The maximum absolute atomic E-state index is 12.9. The Balaban J connectivity index is 1.65. The molecule has 7 nitrogen and oxygen atoms in total. The number of esters is 1. The van der Waals surface area contributed by atoms with Gasteiger partial charge in [-0.25, -0.2) is 9.59 Å². The van der Waals surface area contributed by atoms with E-state index in [-0.39, 0.29) is 6.42 Å². The molecule has 0 bridgehead atoms. The molecule has 32 heavy (non-hydrogen) atoms. The summed E-state index contributed by atoms with van der Waals surface area (Å²) in [6.45, 7) is 0. The monoisotopic (exact) mass is 431 g/mol. The zero-order valence-corrected chi connectivity index (χ0v) is 17.6. The smallest absolute Gasteiger partial charge is 0.336 e. The van der Waals surface area contributed by atoms with E-state index in [4.69, 9.17) is 13.9 Å². The minimum Gasteiger partial charge on any atom is -0.497 e. The van der Waals surface area contributed by atoms with Crippen molar-refractivity contribution >= 4 is 33.6 Å². The molecule has 1 atom stereocenters. The predicted octanol–water partition coefficient (Wildman–Crippen LogP) is 3.47. The van der Waals surface area contributed by atoms with Crippen molar-refractivity contribution in [3.05, 3.63) is 88.3 Å². The fourth-order valence-electron chi connectivity index (χ4n) is 3.63. The zero-order valence-electron chi connectivity index (χ0n) is 17.6. The molecule has 0 radical (unpaired) electrons. The molecule has 0 saturated carbocycles. The third kappa shape index (κ3) is 4.32. The minimum absolute atomic E-state index is 0.0560. The topological polar surface area (TPSA) is 94.8 Å². The van der Waals surface area contributed by atoms with Crippen molar-refractivity contribution in [2.75, 3.05) is 14.2 Å². The molecule has 0 unspecified atom stereocenters. The number of carbonyl (C=O) groups excluding carboxylic acids is 2. The van der Waals surface area contributed by atoms with E-state index < -0.39 is 23.5 Å². The Bertz CT molecular complexity index is 1370. The van der Waals surface area contributed by atoms with Crippen LogP contribution in [0, 0.1) is 0 Å². The number of nitrogens with one attached hydrogen (secondary N) is 1. The molecule has 162 valence electrons. The van der Waals surface area contributed by atoms with Crippen LogP contribution >= 0.6 is 0 Å². The zero-order chi connectivity index (χ0) is 22.7. The van der Waals surface area contributed by atoms with Crippen molar-refractivity contribution in [2.45, 2.75) is 12.5 Å². The second-order valence-corrected chi connectivity index (χ2v) is 7.27. The Hall–Kier alpha value is -4.13. The first-order chi connectivity index (χ1) is 15.5. The molecule has 1 aromatic heterocycles. The Morgan fingerprint density at radius 1 is 0.969 bits per heavy atom. The molecule has 0 spiro atoms. The summed E-state index contributed by atoms with van der Waals surface area (Å²) in [5, 5.41) is 5.29. The Labute approximate surface area is 183 Å². The van der Waals surface area contributed by atoms with Crippen molar-refractivity contribution in [1.82, 2.24) is 5.32 Å². The lowest BCUT2D eigenvalue weighted by molar-refractivity contribution is -0.142. The van der Waals surface area contributed by atoms with Gasteiger partial charge in [-0.15, -0.1) is 0 Å². The van der Waals surface area contributed by atoms with E-state index >= 15 is 0 Å². The first-order valence-corrected chi connectivity index (χ1v) is 9.97. The van der Waals surface area contributed by atoms with Crippen LogP contribution in [0.25, 0.3) is 21.7 Å². The maximum atomic E-state index is 12.9. The van der Waals surface area contributed by atoms with Gasteiger partial charge < -0.3 is 19.2 Å². The number of hydrogen-bond donors (Lipinski definition) is 1. The summed E-state index contributed by atoms with van der Waals surface area (Å²) in [6, 6.07) is 18.4. The summed E-state index contributed by atoms with van der Waals surface area (Å²) in [5.41, 5.74) is 0.731. The molecule has 3 aromatic carbocycles. The van der Waals surface area contributed by atoms with Crippen LogP contribution in [-0.2, 0) is 16.0 Å². The molecular weight excluding hydrogens is 410 g/mol. The summed E-state index contributed by atoms with van der Waals surface area (Å²) in [6.07, 6.45) is 0.0560. The number of amides is 1. The van der Waals surface area contributed by atoms with Gasteiger partial charge >= 0.3 is 11.6 Å². The van der Waals surface area contributed by atoms with Gasteiger partial charge in [0, 0.05) is 29.5 Å². The van der Waals surface area contributed by atoms with Gasteiger partial charge in [-0.2, -0.15) is 0 Å². The van der Waals surface area contributed by atoms with Crippen molar-refractivity contribution in [2.24, 2.45) is 0 Å². The van der Waals surface area contributed by atoms with E-state index in [0.717, 1.165) is 10.8 Å². The lowest BCUT2D eigenvalue weighted by Gasteiger charge is -2.17. The predicted molar refractivity (Wildman–Crippen MR) is 120 cm³/mol. The van der Waals surface area contributed by atoms with Gasteiger partial charge in [-0.1, -0.05) is 30.3 Å². The van der Waals surface area contributed by atoms with Gasteiger partial charge in [0.2, 0.25) is 0 Å². The summed E-state index contributed by atoms with van der Waals surface area (Å²) in [4.78, 5) is 37.4. The Morgan fingerprint density at radius 2 is 1.75 bits per heavy atom. The number of carbonyl (C=O) groups is 2. The second kappa shape index (κ2) is 8.93. The summed E-state index contributed by atoms with van der Waals surface area (Å²) in [5.74, 6) is -0.499. The molecule has 0 aliphatic heterocycles. The highest BCUT2D eigenvalue weighted by molar-refractivity contribution is 6.00. The average Bonchev–Trinajstić information content (AvgIpc) is 2.82. The van der Waals surface area contributed by atoms with Gasteiger partial charge in [0.05, 0.1) is 14.2 Å². The number of ether oxygens (including phenoxy) is 2. The van der Waals surface area contributed by atoms with Crippen molar-refractivity contribution in [3.63, 3.8) is 0 Å². The van der Waals surface area contributed by atoms with Crippen LogP contribution in [0.2, 0.25) is 0 Å². The van der Waals surface area contributed by atoms with E-state index in [2.05, 4.69) is 5.32 Å². The summed E-state index contributed by atoms with van der Waals surface area (Å²) in [7, 11) is 2.76. The normalized spacial score (nSPS) is 11.8. The van der Waals surface area contributed by atoms with Crippen LogP contribution in [-0.4, -0.2) is 32.1 Å². The van der Waals surface area contributed by atoms with Crippen molar-refractivity contribution in [1.29, 1.82) is 0 Å². The van der Waals surface area contributed by atoms with Crippen LogP contribution < -0.4 is 15.7 Å². The highest BCUT2D eigenvalue weighted by Crippen LogP contribution is 2.24. The van der Waals surface area contributed by atoms with E-state index in [0.29, 0.717) is 27.8 Å². The number of benzene rings is 3.